The summed E-state index contributed by atoms with van der Waals surface area (Å²) in [5.41, 5.74) is 0. The minimum absolute atomic E-state index is 0.0590. The van der Waals surface area contributed by atoms with Gasteiger partial charge >= 0.3 is 0 Å². The average molecular weight is 443 g/mol. The summed E-state index contributed by atoms with van der Waals surface area (Å²) in [5.74, 6) is 1.05. The van der Waals surface area contributed by atoms with E-state index in [9.17, 15) is 9.59 Å². The predicted molar refractivity (Wildman–Crippen MR) is 112 cm³/mol. The van der Waals surface area contributed by atoms with E-state index in [2.05, 4.69) is 20.1 Å². The summed E-state index contributed by atoms with van der Waals surface area (Å²) < 4.78 is 13.3. The second-order valence-electron chi connectivity index (χ2n) is 6.95. The Morgan fingerprint density at radius 3 is 2.77 bits per heavy atom. The maximum absolute atomic E-state index is 12.4. The molecule has 154 valence electrons. The highest BCUT2D eigenvalue weighted by Crippen LogP contribution is 2.41. The molecule has 0 spiro atoms. The van der Waals surface area contributed by atoms with E-state index in [-0.39, 0.29) is 12.4 Å². The fourth-order valence-corrected chi connectivity index (χ4v) is 4.65. The third-order valence-corrected chi connectivity index (χ3v) is 6.52. The van der Waals surface area contributed by atoms with Gasteiger partial charge in [-0.2, -0.15) is 0 Å². The largest absolute Gasteiger partial charge is 0.485 e. The van der Waals surface area contributed by atoms with Crippen LogP contribution < -0.4 is 14.8 Å². The van der Waals surface area contributed by atoms with Crippen LogP contribution >= 0.6 is 23.1 Å². The van der Waals surface area contributed by atoms with Crippen molar-refractivity contribution in [3.8, 4) is 22.2 Å². The number of nitrogens with zero attached hydrogens (tertiary/aromatic N) is 3. The maximum Gasteiger partial charge on any atom is 0.271 e. The number of para-hydroxylation sites is 2. The standard InChI is InChI=1S/C20H18N4O4S2/c25-17(21-19(26)15-10-27-13-4-1-2-5-14(13)28-15)11-30-20-23-22-18(16-6-3-9-29-16)24(20)12-7-8-12/h1-6,9,12,15H,7-8,10-11H2,(H,21,25,26)/t15-/m0/s1. The number of amides is 2. The molecule has 0 bridgehead atoms. The number of carbonyl (C=O) groups is 2. The number of carbonyl (C=O) groups excluding carboxylic acids is 2. The molecule has 1 aliphatic heterocycles. The minimum Gasteiger partial charge on any atom is -0.485 e. The summed E-state index contributed by atoms with van der Waals surface area (Å²) in [7, 11) is 0. The summed E-state index contributed by atoms with van der Waals surface area (Å²) in [6.45, 7) is 0.0590. The van der Waals surface area contributed by atoms with E-state index in [1.54, 1.807) is 29.5 Å². The molecule has 0 unspecified atom stereocenters. The zero-order valence-corrected chi connectivity index (χ0v) is 17.4. The van der Waals surface area contributed by atoms with E-state index >= 15 is 0 Å². The van der Waals surface area contributed by atoms with E-state index in [1.165, 1.54) is 11.8 Å². The number of nitrogens with one attached hydrogen (secondary N) is 1. The smallest absolute Gasteiger partial charge is 0.271 e. The molecule has 0 radical (unpaired) electrons. The third-order valence-electron chi connectivity index (χ3n) is 4.71. The van der Waals surface area contributed by atoms with Gasteiger partial charge in [-0.05, 0) is 36.4 Å². The van der Waals surface area contributed by atoms with Crippen molar-refractivity contribution in [3.63, 3.8) is 0 Å². The summed E-state index contributed by atoms with van der Waals surface area (Å²) >= 11 is 2.89. The lowest BCUT2D eigenvalue weighted by atomic mass is 10.2. The van der Waals surface area contributed by atoms with E-state index in [0.717, 1.165) is 23.5 Å². The van der Waals surface area contributed by atoms with Crippen molar-refractivity contribution >= 4 is 34.9 Å². The molecule has 1 aromatic carbocycles. The molecule has 1 saturated carbocycles. The number of hydrogen-bond donors (Lipinski definition) is 1. The van der Waals surface area contributed by atoms with E-state index in [4.69, 9.17) is 9.47 Å². The Balaban J connectivity index is 1.20. The molecule has 1 aliphatic carbocycles. The number of aromatic nitrogens is 3. The minimum atomic E-state index is -0.866. The molecule has 3 heterocycles. The SMILES string of the molecule is O=C(CSc1nnc(-c2cccs2)n1C1CC1)NC(=O)[C@@H]1COc2ccccc2O1. The molecule has 1 atom stereocenters. The first-order valence-corrected chi connectivity index (χ1v) is 11.4. The van der Waals surface area contributed by atoms with Crippen molar-refractivity contribution in [1.82, 2.24) is 20.1 Å². The lowest BCUT2D eigenvalue weighted by Crippen LogP contribution is -2.46. The van der Waals surface area contributed by atoms with Gasteiger partial charge < -0.3 is 9.47 Å². The van der Waals surface area contributed by atoms with Crippen molar-refractivity contribution < 1.29 is 19.1 Å². The van der Waals surface area contributed by atoms with E-state index in [0.29, 0.717) is 22.7 Å². The Kier molecular flexibility index (Phi) is 5.17. The van der Waals surface area contributed by atoms with Gasteiger partial charge in [0.05, 0.1) is 10.6 Å². The first kappa shape index (κ1) is 19.1. The van der Waals surface area contributed by atoms with Crippen LogP contribution in [0.25, 0.3) is 10.7 Å². The van der Waals surface area contributed by atoms with Gasteiger partial charge in [0.2, 0.25) is 12.0 Å². The van der Waals surface area contributed by atoms with Gasteiger partial charge in [0.1, 0.15) is 6.61 Å². The van der Waals surface area contributed by atoms with Gasteiger partial charge in [-0.1, -0.05) is 30.0 Å². The summed E-state index contributed by atoms with van der Waals surface area (Å²) in [6, 6.07) is 11.5. The van der Waals surface area contributed by atoms with Crippen LogP contribution in [0, 0.1) is 0 Å². The number of ether oxygens (including phenoxy) is 2. The van der Waals surface area contributed by atoms with Crippen molar-refractivity contribution in [1.29, 1.82) is 0 Å². The molecule has 10 heteroatoms. The van der Waals surface area contributed by atoms with Crippen LogP contribution in [-0.2, 0) is 9.59 Å². The van der Waals surface area contributed by atoms with Crippen molar-refractivity contribution in [2.24, 2.45) is 0 Å². The number of fused-ring (bicyclic) bond motifs is 1. The highest BCUT2D eigenvalue weighted by Gasteiger charge is 2.31. The second-order valence-corrected chi connectivity index (χ2v) is 8.84. The van der Waals surface area contributed by atoms with Gasteiger partial charge in [-0.15, -0.1) is 21.5 Å². The monoisotopic (exact) mass is 442 g/mol. The van der Waals surface area contributed by atoms with Crippen LogP contribution in [-0.4, -0.2) is 45.0 Å². The maximum atomic E-state index is 12.4. The molecule has 3 aromatic rings. The highest BCUT2D eigenvalue weighted by molar-refractivity contribution is 7.99. The van der Waals surface area contributed by atoms with E-state index in [1.807, 2.05) is 23.6 Å². The fraction of sp³-hybridized carbons (Fsp3) is 0.300. The molecule has 5 rings (SSSR count). The Morgan fingerprint density at radius 2 is 2.00 bits per heavy atom. The lowest BCUT2D eigenvalue weighted by Gasteiger charge is -2.25. The Hall–Kier alpha value is -2.85. The average Bonchev–Trinajstić information content (AvgIpc) is 3.28. The third kappa shape index (κ3) is 3.92. The van der Waals surface area contributed by atoms with Crippen LogP contribution in [0.1, 0.15) is 18.9 Å². The summed E-state index contributed by atoms with van der Waals surface area (Å²) in [5, 5.41) is 13.7. The van der Waals surface area contributed by atoms with E-state index < -0.39 is 17.9 Å². The number of thioether (sulfide) groups is 1. The topological polar surface area (TPSA) is 95.3 Å². The molecule has 0 saturated heterocycles. The first-order valence-electron chi connectivity index (χ1n) is 9.53. The Morgan fingerprint density at radius 1 is 1.17 bits per heavy atom. The van der Waals surface area contributed by atoms with Crippen molar-refractivity contribution in [2.45, 2.75) is 30.1 Å². The Bertz CT molecular complexity index is 1080. The molecule has 8 nitrogen and oxygen atoms in total. The van der Waals surface area contributed by atoms with Crippen LogP contribution in [0.2, 0.25) is 0 Å². The number of hydrogen-bond acceptors (Lipinski definition) is 8. The van der Waals surface area contributed by atoms with Gasteiger partial charge in [0, 0.05) is 6.04 Å². The zero-order valence-electron chi connectivity index (χ0n) is 15.8. The molecule has 2 aliphatic rings. The predicted octanol–water partition coefficient (Wildman–Crippen LogP) is 2.92. The highest BCUT2D eigenvalue weighted by atomic mass is 32.2. The number of rotatable bonds is 6. The molecule has 30 heavy (non-hydrogen) atoms. The molecular weight excluding hydrogens is 424 g/mol. The molecule has 2 amide bonds. The van der Waals surface area contributed by atoms with Gasteiger partial charge in [-0.25, -0.2) is 0 Å². The quantitative estimate of drug-likeness (QED) is 0.587. The first-order chi connectivity index (χ1) is 14.7. The molecular formula is C20H18N4O4S2. The fourth-order valence-electron chi connectivity index (χ4n) is 3.14. The zero-order chi connectivity index (χ0) is 20.5. The van der Waals surface area contributed by atoms with Crippen LogP contribution in [0.15, 0.2) is 46.9 Å². The van der Waals surface area contributed by atoms with Crippen LogP contribution in [0.3, 0.4) is 0 Å². The normalized spacial score (nSPS) is 17.5. The summed E-state index contributed by atoms with van der Waals surface area (Å²) in [4.78, 5) is 25.8. The number of thiophene rings is 1. The van der Waals surface area contributed by atoms with Gasteiger partial charge in [0.25, 0.3) is 5.91 Å². The van der Waals surface area contributed by atoms with Crippen LogP contribution in [0.4, 0.5) is 0 Å². The molecule has 2 aromatic heterocycles. The summed E-state index contributed by atoms with van der Waals surface area (Å²) in [6.07, 6.45) is 1.29. The number of imide groups is 1. The second kappa shape index (κ2) is 8.11. The molecule has 1 N–H and O–H groups in total. The Labute approximate surface area is 180 Å². The van der Waals surface area contributed by atoms with Gasteiger partial charge in [0.15, 0.2) is 22.5 Å². The lowest BCUT2D eigenvalue weighted by molar-refractivity contribution is -0.135. The number of benzene rings is 1. The van der Waals surface area contributed by atoms with Crippen LogP contribution in [0.5, 0.6) is 11.5 Å². The van der Waals surface area contributed by atoms with Crippen molar-refractivity contribution in [3.05, 3.63) is 41.8 Å². The van der Waals surface area contributed by atoms with Crippen molar-refractivity contribution in [2.75, 3.05) is 12.4 Å². The van der Waals surface area contributed by atoms with Gasteiger partial charge in [-0.3, -0.25) is 19.5 Å². The molecule has 1 fully saturated rings.